The number of hydrogen-bond acceptors (Lipinski definition) is 7. The van der Waals surface area contributed by atoms with Gasteiger partial charge in [-0.2, -0.15) is 5.10 Å². The van der Waals surface area contributed by atoms with E-state index in [9.17, 15) is 24.5 Å². The largest absolute Gasteiger partial charge is 0.297 e. The quantitative estimate of drug-likeness (QED) is 0.276. The summed E-state index contributed by atoms with van der Waals surface area (Å²) < 4.78 is 0. The second kappa shape index (κ2) is 8.02. The lowest BCUT2D eigenvalue weighted by Crippen LogP contribution is -2.45. The summed E-state index contributed by atoms with van der Waals surface area (Å²) in [5, 5.41) is 17.7. The molecule has 2 heterocycles. The van der Waals surface area contributed by atoms with Crippen LogP contribution in [0.1, 0.15) is 70.1 Å². The van der Waals surface area contributed by atoms with Crippen molar-refractivity contribution in [2.45, 2.75) is 38.8 Å². The van der Waals surface area contributed by atoms with Crippen LogP contribution in [0.5, 0.6) is 0 Å². The normalized spacial score (nSPS) is 22.8. The number of Topliss-reactive ketones (excluding diaryl/α,β-unsaturated/α-hetero) is 3. The summed E-state index contributed by atoms with van der Waals surface area (Å²) in [5.41, 5.74) is 0.0515. The van der Waals surface area contributed by atoms with Gasteiger partial charge in [-0.25, -0.2) is 0 Å². The smallest absolute Gasteiger partial charge is 0.269 e. The van der Waals surface area contributed by atoms with E-state index in [0.717, 1.165) is 11.1 Å². The van der Waals surface area contributed by atoms with Crippen molar-refractivity contribution in [3.63, 3.8) is 0 Å². The van der Waals surface area contributed by atoms with Gasteiger partial charge >= 0.3 is 0 Å². The van der Waals surface area contributed by atoms with Crippen LogP contribution >= 0.6 is 0 Å². The fraction of sp³-hybridized carbons (Fsp3) is 0.267. The molecule has 6 rings (SSSR count). The summed E-state index contributed by atoms with van der Waals surface area (Å²) in [5.74, 6) is -1.80. The molecule has 8 nitrogen and oxygen atoms in total. The maximum Gasteiger partial charge on any atom is 0.269 e. The summed E-state index contributed by atoms with van der Waals surface area (Å²) in [7, 11) is 0. The molecular formula is C30H25N3O5. The van der Waals surface area contributed by atoms with E-state index in [0.29, 0.717) is 16.7 Å². The molecule has 8 heteroatoms. The van der Waals surface area contributed by atoms with E-state index in [1.807, 2.05) is 24.3 Å². The zero-order chi connectivity index (χ0) is 27.0. The number of benzene rings is 3. The highest BCUT2D eigenvalue weighted by Gasteiger charge is 2.73. The summed E-state index contributed by atoms with van der Waals surface area (Å²) in [6, 6.07) is 18.3. The summed E-state index contributed by atoms with van der Waals surface area (Å²) in [4.78, 5) is 54.2. The first-order valence-corrected chi connectivity index (χ1v) is 12.5. The highest BCUT2D eigenvalue weighted by molar-refractivity contribution is 6.31. The van der Waals surface area contributed by atoms with Crippen LogP contribution in [-0.4, -0.2) is 39.5 Å². The van der Waals surface area contributed by atoms with Crippen molar-refractivity contribution >= 4 is 29.3 Å². The van der Waals surface area contributed by atoms with Gasteiger partial charge in [0.25, 0.3) is 5.69 Å². The molecule has 0 radical (unpaired) electrons. The van der Waals surface area contributed by atoms with Gasteiger partial charge in [0.05, 0.1) is 17.2 Å². The number of carbonyl (C=O) groups is 3. The maximum absolute atomic E-state index is 14.6. The van der Waals surface area contributed by atoms with Gasteiger partial charge < -0.3 is 0 Å². The zero-order valence-corrected chi connectivity index (χ0v) is 21.1. The molecule has 0 unspecified atom stereocenters. The standard InChI is InChI=1S/C30H25N3O5/c1-29(2,3)28(36)24-23(17-12-14-19(15-13-17)33(37)38)30(26(34)21-10-6-7-11-22(21)27(30)35)25-20-9-5-4-8-18(20)16-31-32(24)25/h4-16,23-25H,1-3H3/t23-,24+,25-/m1/s1. The lowest BCUT2D eigenvalue weighted by atomic mass is 9.62. The fourth-order valence-electron chi connectivity index (χ4n) is 6.40. The Bertz CT molecular complexity index is 1530. The Morgan fingerprint density at radius 3 is 2.08 bits per heavy atom. The number of rotatable bonds is 3. The predicted octanol–water partition coefficient (Wildman–Crippen LogP) is 5.13. The molecule has 190 valence electrons. The van der Waals surface area contributed by atoms with E-state index >= 15 is 0 Å². The molecule has 3 aliphatic rings. The molecule has 0 N–H and O–H groups in total. The van der Waals surface area contributed by atoms with Gasteiger partial charge in [-0.15, -0.1) is 0 Å². The van der Waals surface area contributed by atoms with E-state index in [4.69, 9.17) is 5.10 Å². The summed E-state index contributed by atoms with van der Waals surface area (Å²) in [6.07, 6.45) is 1.66. The Balaban J connectivity index is 1.69. The van der Waals surface area contributed by atoms with Crippen molar-refractivity contribution in [3.8, 4) is 0 Å². The van der Waals surface area contributed by atoms with E-state index in [-0.39, 0.29) is 23.0 Å². The van der Waals surface area contributed by atoms with E-state index in [1.54, 1.807) is 68.4 Å². The molecule has 3 aromatic rings. The maximum atomic E-state index is 14.6. The predicted molar refractivity (Wildman–Crippen MR) is 140 cm³/mol. The van der Waals surface area contributed by atoms with Crippen molar-refractivity contribution in [3.05, 3.63) is 111 Å². The Morgan fingerprint density at radius 2 is 1.50 bits per heavy atom. The van der Waals surface area contributed by atoms with Gasteiger partial charge in [-0.3, -0.25) is 29.5 Å². The van der Waals surface area contributed by atoms with Gasteiger partial charge in [0.2, 0.25) is 0 Å². The zero-order valence-electron chi connectivity index (χ0n) is 21.1. The van der Waals surface area contributed by atoms with E-state index in [2.05, 4.69) is 0 Å². The van der Waals surface area contributed by atoms with Crippen molar-refractivity contribution in [2.75, 3.05) is 0 Å². The molecule has 1 spiro atoms. The minimum atomic E-state index is -1.68. The molecule has 0 aromatic heterocycles. The summed E-state index contributed by atoms with van der Waals surface area (Å²) >= 11 is 0. The summed E-state index contributed by atoms with van der Waals surface area (Å²) in [6.45, 7) is 5.41. The molecule has 3 atom stereocenters. The van der Waals surface area contributed by atoms with Crippen LogP contribution in [0, 0.1) is 20.9 Å². The van der Waals surface area contributed by atoms with Crippen molar-refractivity contribution < 1.29 is 19.3 Å². The molecule has 0 bridgehead atoms. The number of nitrogens with zero attached hydrogens (tertiary/aromatic N) is 3. The van der Waals surface area contributed by atoms with Crippen molar-refractivity contribution in [1.29, 1.82) is 0 Å². The number of hydrazone groups is 1. The monoisotopic (exact) mass is 507 g/mol. The van der Waals surface area contributed by atoms with Gasteiger partial charge in [-0.1, -0.05) is 81.4 Å². The number of carbonyl (C=O) groups excluding carboxylic acids is 3. The second-order valence-electron chi connectivity index (χ2n) is 11.1. The first kappa shape index (κ1) is 23.9. The molecule has 0 amide bonds. The van der Waals surface area contributed by atoms with Crippen LogP contribution in [0.3, 0.4) is 0 Å². The van der Waals surface area contributed by atoms with Crippen LogP contribution < -0.4 is 0 Å². The molecule has 0 saturated carbocycles. The topological polar surface area (TPSA) is 110 Å². The number of nitro groups is 1. The minimum Gasteiger partial charge on any atom is -0.297 e. The van der Waals surface area contributed by atoms with E-state index < -0.39 is 33.8 Å². The second-order valence-corrected chi connectivity index (χ2v) is 11.1. The molecule has 2 aliphatic heterocycles. The number of hydrogen-bond donors (Lipinski definition) is 0. The highest BCUT2D eigenvalue weighted by atomic mass is 16.6. The highest BCUT2D eigenvalue weighted by Crippen LogP contribution is 2.65. The number of ketones is 3. The van der Waals surface area contributed by atoms with Crippen LogP contribution in [0.15, 0.2) is 77.9 Å². The molecule has 1 saturated heterocycles. The minimum absolute atomic E-state index is 0.118. The Hall–Kier alpha value is -4.46. The van der Waals surface area contributed by atoms with Gasteiger partial charge in [-0.05, 0) is 16.7 Å². The van der Waals surface area contributed by atoms with Crippen molar-refractivity contribution in [2.24, 2.45) is 15.9 Å². The third-order valence-electron chi connectivity index (χ3n) is 8.05. The van der Waals surface area contributed by atoms with Crippen LogP contribution in [0.2, 0.25) is 0 Å². The average Bonchev–Trinajstić information content (AvgIpc) is 3.34. The average molecular weight is 508 g/mol. The van der Waals surface area contributed by atoms with Crippen molar-refractivity contribution in [1.82, 2.24) is 5.01 Å². The molecular weight excluding hydrogens is 482 g/mol. The lowest BCUT2D eigenvalue weighted by molar-refractivity contribution is -0.384. The first-order chi connectivity index (χ1) is 18.1. The molecule has 38 heavy (non-hydrogen) atoms. The molecule has 3 aromatic carbocycles. The van der Waals surface area contributed by atoms with Crippen LogP contribution in [-0.2, 0) is 4.79 Å². The van der Waals surface area contributed by atoms with Gasteiger partial charge in [0, 0.05) is 34.6 Å². The number of fused-ring (bicyclic) bond motifs is 5. The van der Waals surface area contributed by atoms with Crippen LogP contribution in [0.4, 0.5) is 5.69 Å². The Morgan fingerprint density at radius 1 is 0.921 bits per heavy atom. The number of nitro benzene ring substituents is 1. The first-order valence-electron chi connectivity index (χ1n) is 12.5. The fourth-order valence-corrected chi connectivity index (χ4v) is 6.40. The van der Waals surface area contributed by atoms with Gasteiger partial charge in [0.1, 0.15) is 11.5 Å². The van der Waals surface area contributed by atoms with Gasteiger partial charge in [0.15, 0.2) is 17.3 Å². The Labute approximate surface area is 219 Å². The van der Waals surface area contributed by atoms with Crippen LogP contribution in [0.25, 0.3) is 0 Å². The van der Waals surface area contributed by atoms with E-state index in [1.165, 1.54) is 12.1 Å². The molecule has 1 aliphatic carbocycles. The third-order valence-corrected chi connectivity index (χ3v) is 8.05. The SMILES string of the molecule is CC(C)(C)C(=O)[C@@H]1[C@@H](c2ccc([N+](=O)[O-])cc2)C2(C(=O)c3ccccc3C2=O)[C@H]2c3ccccc3C=NN12. The Kier molecular flexibility index (Phi) is 5.04. The molecule has 1 fully saturated rings. The number of non-ortho nitro benzene ring substituents is 1. The lowest BCUT2D eigenvalue weighted by Gasteiger charge is -2.36. The third kappa shape index (κ3) is 3.03.